The summed E-state index contributed by atoms with van der Waals surface area (Å²) in [5, 5.41) is 2.87. The number of carbonyl (C=O) groups is 1. The quantitative estimate of drug-likeness (QED) is 0.567. The molecule has 11 heteroatoms. The number of rotatable bonds is 9. The van der Waals surface area contributed by atoms with Crippen LogP contribution in [0.2, 0.25) is 5.02 Å². The predicted molar refractivity (Wildman–Crippen MR) is 112 cm³/mol. The van der Waals surface area contributed by atoms with Crippen molar-refractivity contribution < 1.29 is 26.4 Å². The number of thioether (sulfide) groups is 1. The largest absolute Gasteiger partial charge is 0.416 e. The maximum atomic E-state index is 12.8. The van der Waals surface area contributed by atoms with Crippen molar-refractivity contribution in [2.24, 2.45) is 0 Å². The molecule has 1 unspecified atom stereocenters. The van der Waals surface area contributed by atoms with Crippen molar-refractivity contribution in [2.75, 3.05) is 12.0 Å². The van der Waals surface area contributed by atoms with Gasteiger partial charge < -0.3 is 5.32 Å². The molecule has 0 saturated heterocycles. The molecular formula is C19H20ClF3N2O3S2. The smallest absolute Gasteiger partial charge is 0.351 e. The van der Waals surface area contributed by atoms with Crippen molar-refractivity contribution in [1.29, 1.82) is 0 Å². The molecule has 0 fully saturated rings. The van der Waals surface area contributed by atoms with Gasteiger partial charge in [0.15, 0.2) is 0 Å². The van der Waals surface area contributed by atoms with Crippen LogP contribution in [0.4, 0.5) is 13.2 Å². The molecule has 164 valence electrons. The van der Waals surface area contributed by atoms with Gasteiger partial charge in [0.05, 0.1) is 10.5 Å². The van der Waals surface area contributed by atoms with Crippen LogP contribution in [0.25, 0.3) is 0 Å². The zero-order valence-electron chi connectivity index (χ0n) is 15.9. The van der Waals surface area contributed by atoms with E-state index in [1.54, 1.807) is 0 Å². The Labute approximate surface area is 182 Å². The van der Waals surface area contributed by atoms with Crippen molar-refractivity contribution in [3.8, 4) is 0 Å². The molecule has 0 aromatic heterocycles. The molecule has 0 aliphatic heterocycles. The standard InChI is InChI=1S/C19H20ClF3N2O3S2/c1-29-10-9-17(25-30(27,28)16-7-5-15(20)6-8-16)18(26)24-12-13-3-2-4-14(11-13)19(21,22)23/h2-8,11,17,25H,9-10,12H2,1H3,(H,24,26). The fourth-order valence-corrected chi connectivity index (χ4v) is 4.35. The highest BCUT2D eigenvalue weighted by atomic mass is 35.5. The minimum Gasteiger partial charge on any atom is -0.351 e. The van der Waals surface area contributed by atoms with Crippen LogP contribution in [0.5, 0.6) is 0 Å². The Bertz CT molecular complexity index is 968. The highest BCUT2D eigenvalue weighted by Gasteiger charge is 2.30. The SMILES string of the molecule is CSCCC(NS(=O)(=O)c1ccc(Cl)cc1)C(=O)NCc1cccc(C(F)(F)F)c1. The van der Waals surface area contributed by atoms with Gasteiger partial charge in [-0.3, -0.25) is 4.79 Å². The fraction of sp³-hybridized carbons (Fsp3) is 0.316. The Balaban J connectivity index is 2.11. The van der Waals surface area contributed by atoms with Crippen LogP contribution in [0.3, 0.4) is 0 Å². The number of nitrogens with one attached hydrogen (secondary N) is 2. The van der Waals surface area contributed by atoms with Gasteiger partial charge in [-0.15, -0.1) is 0 Å². The maximum absolute atomic E-state index is 12.8. The third kappa shape index (κ3) is 7.19. The van der Waals surface area contributed by atoms with E-state index in [1.165, 1.54) is 48.2 Å². The summed E-state index contributed by atoms with van der Waals surface area (Å²) < 4.78 is 66.0. The van der Waals surface area contributed by atoms with Crippen molar-refractivity contribution in [2.45, 2.75) is 30.1 Å². The number of amides is 1. The third-order valence-corrected chi connectivity index (χ3v) is 6.45. The molecule has 1 amide bonds. The molecule has 0 aliphatic carbocycles. The monoisotopic (exact) mass is 480 g/mol. The molecule has 0 spiro atoms. The number of halogens is 4. The summed E-state index contributed by atoms with van der Waals surface area (Å²) in [5.74, 6) is -0.121. The van der Waals surface area contributed by atoms with Crippen molar-refractivity contribution in [3.63, 3.8) is 0 Å². The molecular weight excluding hydrogens is 461 g/mol. The number of alkyl halides is 3. The lowest BCUT2D eigenvalue weighted by Crippen LogP contribution is -2.46. The van der Waals surface area contributed by atoms with E-state index in [9.17, 15) is 26.4 Å². The molecule has 5 nitrogen and oxygen atoms in total. The van der Waals surface area contributed by atoms with Gasteiger partial charge in [0.25, 0.3) is 0 Å². The molecule has 0 saturated carbocycles. The topological polar surface area (TPSA) is 75.3 Å². The normalized spacial score (nSPS) is 13.1. The van der Waals surface area contributed by atoms with E-state index in [-0.39, 0.29) is 23.4 Å². The first-order chi connectivity index (χ1) is 14.0. The Hall–Kier alpha value is -1.75. The molecule has 2 N–H and O–H groups in total. The molecule has 0 radical (unpaired) electrons. The highest BCUT2D eigenvalue weighted by molar-refractivity contribution is 7.98. The summed E-state index contributed by atoms with van der Waals surface area (Å²) in [6, 6.07) is 8.96. The van der Waals surface area contributed by atoms with E-state index in [0.717, 1.165) is 12.1 Å². The summed E-state index contributed by atoms with van der Waals surface area (Å²) in [5.41, 5.74) is -0.570. The Kier molecular flexibility index (Phi) is 8.60. The van der Waals surface area contributed by atoms with Crippen LogP contribution in [-0.4, -0.2) is 32.4 Å². The molecule has 0 heterocycles. The summed E-state index contributed by atoms with van der Waals surface area (Å²) in [6.07, 6.45) is -2.47. The van der Waals surface area contributed by atoms with Crippen LogP contribution >= 0.6 is 23.4 Å². The van der Waals surface area contributed by atoms with E-state index in [2.05, 4.69) is 10.0 Å². The summed E-state index contributed by atoms with van der Waals surface area (Å²) >= 11 is 7.21. The molecule has 2 rings (SSSR count). The molecule has 0 aliphatic rings. The van der Waals surface area contributed by atoms with E-state index in [1.807, 2.05) is 6.26 Å². The molecule has 1 atom stereocenters. The Morgan fingerprint density at radius 2 is 1.83 bits per heavy atom. The second-order valence-corrected chi connectivity index (χ2v) is 9.46. The van der Waals surface area contributed by atoms with Gasteiger partial charge in [-0.2, -0.15) is 29.7 Å². The number of hydrogen-bond acceptors (Lipinski definition) is 4. The minimum atomic E-state index is -4.49. The summed E-state index contributed by atoms with van der Waals surface area (Å²) in [6.45, 7) is -0.165. The average Bonchev–Trinajstić information content (AvgIpc) is 2.69. The minimum absolute atomic E-state index is 0.0493. The van der Waals surface area contributed by atoms with Crippen molar-refractivity contribution in [3.05, 3.63) is 64.7 Å². The van der Waals surface area contributed by atoms with Crippen molar-refractivity contribution in [1.82, 2.24) is 10.0 Å². The predicted octanol–water partition coefficient (Wildman–Crippen LogP) is 4.08. The van der Waals surface area contributed by atoms with Crippen LogP contribution in [0, 0.1) is 0 Å². The summed E-state index contributed by atoms with van der Waals surface area (Å²) in [7, 11) is -3.99. The Morgan fingerprint density at radius 1 is 1.17 bits per heavy atom. The van der Waals surface area contributed by atoms with Gasteiger partial charge >= 0.3 is 6.18 Å². The second-order valence-electron chi connectivity index (χ2n) is 6.33. The third-order valence-electron chi connectivity index (χ3n) is 4.07. The molecule has 30 heavy (non-hydrogen) atoms. The lowest BCUT2D eigenvalue weighted by Gasteiger charge is -2.18. The number of sulfonamides is 1. The van der Waals surface area contributed by atoms with Crippen LogP contribution in [0.1, 0.15) is 17.5 Å². The average molecular weight is 481 g/mol. The molecule has 2 aromatic rings. The lowest BCUT2D eigenvalue weighted by molar-refractivity contribution is -0.137. The molecule has 0 bridgehead atoms. The number of hydrogen-bond donors (Lipinski definition) is 2. The lowest BCUT2D eigenvalue weighted by atomic mass is 10.1. The maximum Gasteiger partial charge on any atom is 0.416 e. The van der Waals surface area contributed by atoms with Gasteiger partial charge in [-0.25, -0.2) is 8.42 Å². The highest BCUT2D eigenvalue weighted by Crippen LogP contribution is 2.29. The first kappa shape index (κ1) is 24.5. The first-order valence-electron chi connectivity index (χ1n) is 8.73. The zero-order chi connectivity index (χ0) is 22.4. The first-order valence-corrected chi connectivity index (χ1v) is 12.0. The van der Waals surface area contributed by atoms with E-state index < -0.39 is 33.7 Å². The van der Waals surface area contributed by atoms with Gasteiger partial charge in [-0.1, -0.05) is 23.7 Å². The van der Waals surface area contributed by atoms with E-state index in [4.69, 9.17) is 11.6 Å². The van der Waals surface area contributed by atoms with E-state index in [0.29, 0.717) is 10.8 Å². The van der Waals surface area contributed by atoms with Gasteiger partial charge in [-0.05, 0) is 60.4 Å². The van der Waals surface area contributed by atoms with Crippen LogP contribution < -0.4 is 10.0 Å². The Morgan fingerprint density at radius 3 is 2.43 bits per heavy atom. The fourth-order valence-electron chi connectivity index (χ4n) is 2.52. The zero-order valence-corrected chi connectivity index (χ0v) is 18.3. The van der Waals surface area contributed by atoms with Crippen LogP contribution in [0.15, 0.2) is 53.4 Å². The van der Waals surface area contributed by atoms with Gasteiger partial charge in [0, 0.05) is 11.6 Å². The van der Waals surface area contributed by atoms with Crippen LogP contribution in [-0.2, 0) is 27.5 Å². The number of benzene rings is 2. The number of carbonyl (C=O) groups excluding carboxylic acids is 1. The summed E-state index contributed by atoms with van der Waals surface area (Å²) in [4.78, 5) is 12.5. The van der Waals surface area contributed by atoms with Gasteiger partial charge in [0.2, 0.25) is 15.9 Å². The van der Waals surface area contributed by atoms with Crippen molar-refractivity contribution >= 4 is 39.3 Å². The van der Waals surface area contributed by atoms with E-state index >= 15 is 0 Å². The second kappa shape index (κ2) is 10.5. The van der Waals surface area contributed by atoms with Gasteiger partial charge in [0.1, 0.15) is 6.04 Å². The molecule has 2 aromatic carbocycles.